The number of alkyl halides is 6. The van der Waals surface area contributed by atoms with Crippen molar-refractivity contribution < 1.29 is 56.0 Å². The van der Waals surface area contributed by atoms with Crippen molar-refractivity contribution >= 4 is 17.8 Å². The minimum atomic E-state index is -5.08. The molecule has 1 atom stereocenters. The molecule has 1 aromatic rings. The molecule has 1 heterocycles. The Morgan fingerprint density at radius 1 is 0.947 bits per heavy atom. The highest BCUT2D eigenvalue weighted by molar-refractivity contribution is 5.82. The van der Waals surface area contributed by atoms with E-state index in [0.717, 1.165) is 38.0 Å². The Bertz CT molecular complexity index is 861. The van der Waals surface area contributed by atoms with Gasteiger partial charge in [0.25, 0.3) is 0 Å². The number of hydrogen-bond donors (Lipinski definition) is 4. The molecule has 1 unspecified atom stereocenters. The monoisotopic (exact) mass is 561 g/mol. The van der Waals surface area contributed by atoms with Crippen LogP contribution in [0.2, 0.25) is 0 Å². The topological polar surface area (TPSA) is 144 Å². The van der Waals surface area contributed by atoms with Crippen molar-refractivity contribution in [1.82, 2.24) is 9.80 Å². The van der Waals surface area contributed by atoms with Crippen molar-refractivity contribution in [3.05, 3.63) is 35.4 Å². The summed E-state index contributed by atoms with van der Waals surface area (Å²) in [5.74, 6) is -5.53. The van der Waals surface area contributed by atoms with E-state index in [1.165, 1.54) is 5.56 Å². The number of benzene rings is 1. The zero-order chi connectivity index (χ0) is 29.8. The Kier molecular flexibility index (Phi) is 14.3. The number of amides is 1. The number of carbonyl (C=O) groups excluding carboxylic acids is 1. The highest BCUT2D eigenvalue weighted by Crippen LogP contribution is 2.16. The van der Waals surface area contributed by atoms with Crippen LogP contribution < -0.4 is 5.73 Å². The van der Waals surface area contributed by atoms with Gasteiger partial charge in [0.15, 0.2) is 0 Å². The normalized spacial score (nSPS) is 15.5. The van der Waals surface area contributed by atoms with Crippen LogP contribution in [0.15, 0.2) is 24.3 Å². The molecule has 9 nitrogen and oxygen atoms in total. The number of carbonyl (C=O) groups is 3. The number of aliphatic carboxylic acids is 2. The first-order valence-electron chi connectivity index (χ1n) is 11.4. The maximum absolute atomic E-state index is 12.2. The summed E-state index contributed by atoms with van der Waals surface area (Å²) >= 11 is 0. The van der Waals surface area contributed by atoms with E-state index < -0.39 is 30.3 Å². The summed E-state index contributed by atoms with van der Waals surface area (Å²) in [7, 11) is 1.80. The molecule has 1 aliphatic rings. The lowest BCUT2D eigenvalue weighted by Gasteiger charge is -2.29. The van der Waals surface area contributed by atoms with Gasteiger partial charge < -0.3 is 26.0 Å². The van der Waals surface area contributed by atoms with E-state index in [9.17, 15) is 36.2 Å². The molecule has 0 radical (unpaired) electrons. The van der Waals surface area contributed by atoms with Crippen molar-refractivity contribution in [2.24, 2.45) is 5.73 Å². The van der Waals surface area contributed by atoms with Crippen LogP contribution >= 0.6 is 0 Å². The molecule has 1 aromatic carbocycles. The average molecular weight is 562 g/mol. The number of aliphatic hydroxyl groups is 1. The Balaban J connectivity index is 0.000000804. The fraction of sp³-hybridized carbons (Fsp3) is 0.609. The van der Waals surface area contributed by atoms with Gasteiger partial charge in [-0.05, 0) is 44.2 Å². The molecule has 1 aliphatic heterocycles. The maximum Gasteiger partial charge on any atom is 0.490 e. The molecular formula is C23H33F6N3O6. The molecule has 5 N–H and O–H groups in total. The summed E-state index contributed by atoms with van der Waals surface area (Å²) in [6.07, 6.45) is -8.02. The number of aliphatic hydroxyl groups excluding tert-OH is 1. The Morgan fingerprint density at radius 3 is 1.66 bits per heavy atom. The second kappa shape index (κ2) is 15.5. The smallest absolute Gasteiger partial charge is 0.475 e. The van der Waals surface area contributed by atoms with Crippen molar-refractivity contribution in [2.75, 3.05) is 20.1 Å². The Labute approximate surface area is 215 Å². The average Bonchev–Trinajstić information content (AvgIpc) is 2.80. The number of nitrogens with zero attached hydrogens (tertiary/aromatic N) is 2. The number of likely N-dealkylation sites (tertiary alicyclic amines) is 1. The summed E-state index contributed by atoms with van der Waals surface area (Å²) in [6, 6.07) is 8.03. The number of piperidine rings is 1. The third-order valence-electron chi connectivity index (χ3n) is 5.37. The lowest BCUT2D eigenvalue weighted by atomic mass is 10.0. The standard InChI is InChI=1S/C19H31N3O2.2C2HF3O2/c1-14(2)21(3)19(24)18(20)12-15-4-6-16(7-5-15)13-22-10-8-17(23)9-11-22;2*3-2(4,5)1(6)7/h4-7,14,17-18,23H,8-13,20H2,1-3H3;2*(H,6,7). The largest absolute Gasteiger partial charge is 0.490 e. The first kappa shape index (κ1) is 35.1. The molecule has 0 aliphatic carbocycles. The number of carboxylic acids is 2. The molecule has 38 heavy (non-hydrogen) atoms. The fourth-order valence-corrected chi connectivity index (χ4v) is 2.97. The quantitative estimate of drug-likeness (QED) is 0.388. The highest BCUT2D eigenvalue weighted by Gasteiger charge is 2.38. The summed E-state index contributed by atoms with van der Waals surface area (Å²) in [4.78, 5) is 34.1. The molecule has 1 saturated heterocycles. The van der Waals surface area contributed by atoms with Crippen molar-refractivity contribution in [3.63, 3.8) is 0 Å². The summed E-state index contributed by atoms with van der Waals surface area (Å²) in [5, 5.41) is 23.8. The zero-order valence-electron chi connectivity index (χ0n) is 21.1. The van der Waals surface area contributed by atoms with E-state index in [1.54, 1.807) is 11.9 Å². The molecule has 0 saturated carbocycles. The van der Waals surface area contributed by atoms with Crippen LogP contribution in [0, 0.1) is 0 Å². The first-order valence-corrected chi connectivity index (χ1v) is 11.4. The van der Waals surface area contributed by atoms with Crippen LogP contribution in [0.5, 0.6) is 0 Å². The number of hydrogen-bond acceptors (Lipinski definition) is 6. The molecular weight excluding hydrogens is 528 g/mol. The van der Waals surface area contributed by atoms with E-state index >= 15 is 0 Å². The van der Waals surface area contributed by atoms with Crippen LogP contribution in [0.3, 0.4) is 0 Å². The predicted molar refractivity (Wildman–Crippen MR) is 124 cm³/mol. The Hall–Kier alpha value is -2.91. The number of carboxylic acid groups (broad SMARTS) is 2. The summed E-state index contributed by atoms with van der Waals surface area (Å²) in [5.41, 5.74) is 8.41. The summed E-state index contributed by atoms with van der Waals surface area (Å²) in [6.45, 7) is 6.78. The second-order valence-corrected chi connectivity index (χ2v) is 8.78. The van der Waals surface area contributed by atoms with Crippen LogP contribution in [-0.2, 0) is 27.3 Å². The van der Waals surface area contributed by atoms with Gasteiger partial charge in [0.05, 0.1) is 12.1 Å². The molecule has 218 valence electrons. The van der Waals surface area contributed by atoms with Gasteiger partial charge in [0.2, 0.25) is 5.91 Å². The van der Waals surface area contributed by atoms with E-state index in [2.05, 4.69) is 29.2 Å². The minimum Gasteiger partial charge on any atom is -0.475 e. The van der Waals surface area contributed by atoms with Crippen LogP contribution in [0.25, 0.3) is 0 Å². The molecule has 1 amide bonds. The van der Waals surface area contributed by atoms with Gasteiger partial charge >= 0.3 is 24.3 Å². The molecule has 0 bridgehead atoms. The molecule has 1 fully saturated rings. The number of halogens is 6. The minimum absolute atomic E-state index is 0.0130. The fourth-order valence-electron chi connectivity index (χ4n) is 2.97. The number of likely N-dealkylation sites (N-methyl/N-ethyl adjacent to an activating group) is 1. The van der Waals surface area contributed by atoms with Crippen LogP contribution in [-0.4, -0.2) is 93.6 Å². The molecule has 15 heteroatoms. The zero-order valence-corrected chi connectivity index (χ0v) is 21.1. The predicted octanol–water partition coefficient (Wildman–Crippen LogP) is 2.65. The molecule has 2 rings (SSSR count). The third-order valence-corrected chi connectivity index (χ3v) is 5.37. The van der Waals surface area contributed by atoms with E-state index in [1.807, 2.05) is 13.8 Å². The van der Waals surface area contributed by atoms with Gasteiger partial charge in [-0.3, -0.25) is 9.69 Å². The maximum atomic E-state index is 12.2. The third kappa shape index (κ3) is 14.1. The van der Waals surface area contributed by atoms with Gasteiger partial charge in [0, 0.05) is 32.7 Å². The van der Waals surface area contributed by atoms with E-state index in [4.69, 9.17) is 25.5 Å². The van der Waals surface area contributed by atoms with Gasteiger partial charge in [0.1, 0.15) is 0 Å². The van der Waals surface area contributed by atoms with Crippen molar-refractivity contribution in [1.29, 1.82) is 0 Å². The highest BCUT2D eigenvalue weighted by atomic mass is 19.4. The SMILES string of the molecule is CC(C)N(C)C(=O)C(N)Cc1ccc(CN2CCC(O)CC2)cc1.O=C(O)C(F)(F)F.O=C(O)C(F)(F)F. The van der Waals surface area contributed by atoms with Gasteiger partial charge in [-0.1, -0.05) is 24.3 Å². The van der Waals surface area contributed by atoms with Crippen LogP contribution in [0.4, 0.5) is 26.3 Å². The van der Waals surface area contributed by atoms with Crippen molar-refractivity contribution in [2.45, 2.75) is 70.2 Å². The lowest BCUT2D eigenvalue weighted by Crippen LogP contribution is -2.45. The number of rotatable bonds is 6. The van der Waals surface area contributed by atoms with Gasteiger partial charge in [-0.25, -0.2) is 9.59 Å². The number of nitrogens with two attached hydrogens (primary N) is 1. The van der Waals surface area contributed by atoms with E-state index in [0.29, 0.717) is 6.42 Å². The Morgan fingerprint density at radius 2 is 1.32 bits per heavy atom. The van der Waals surface area contributed by atoms with Crippen LogP contribution in [0.1, 0.15) is 37.8 Å². The molecule has 0 aromatic heterocycles. The van der Waals surface area contributed by atoms with Gasteiger partial charge in [-0.2, -0.15) is 26.3 Å². The first-order chi connectivity index (χ1) is 17.2. The van der Waals surface area contributed by atoms with E-state index in [-0.39, 0.29) is 18.1 Å². The lowest BCUT2D eigenvalue weighted by molar-refractivity contribution is -0.193. The molecule has 0 spiro atoms. The second-order valence-electron chi connectivity index (χ2n) is 8.78. The van der Waals surface area contributed by atoms with Gasteiger partial charge in [-0.15, -0.1) is 0 Å². The summed E-state index contributed by atoms with van der Waals surface area (Å²) < 4.78 is 63.5. The van der Waals surface area contributed by atoms with Crippen molar-refractivity contribution in [3.8, 4) is 0 Å².